The molecule has 0 atom stereocenters. The molecule has 1 heteroatoms. The molecule has 0 saturated heterocycles. The predicted octanol–water partition coefficient (Wildman–Crippen LogP) is 2.43. The van der Waals surface area contributed by atoms with E-state index >= 15 is 0 Å². The Morgan fingerprint density at radius 3 is 2.11 bits per heavy atom. The lowest BCUT2D eigenvalue weighted by molar-refractivity contribution is 0.587. The van der Waals surface area contributed by atoms with E-state index < -0.39 is 0 Å². The molecule has 0 spiro atoms. The van der Waals surface area contributed by atoms with Crippen molar-refractivity contribution in [1.82, 2.24) is 0 Å². The maximum atomic E-state index is 4.23. The second-order valence-corrected chi connectivity index (χ2v) is 2.97. The van der Waals surface area contributed by atoms with Crippen LogP contribution in [0.2, 0.25) is 0 Å². The molecule has 0 N–H and O–H groups in total. The molecule has 9 heavy (non-hydrogen) atoms. The normalized spacial score (nSPS) is 13.8. The summed E-state index contributed by atoms with van der Waals surface area (Å²) in [5.74, 6) is 0. The number of rotatable bonds is 1. The quantitative estimate of drug-likeness (QED) is 0.477. The molecule has 0 rings (SSSR count). The Balaban J connectivity index is 3.71. The SMILES string of the molecule is CC=CC=NC(C)(C)C. The number of allylic oxidation sites excluding steroid dienone is 2. The average Bonchev–Trinajstić information content (AvgIpc) is 1.63. The first-order chi connectivity index (χ1) is 4.06. The highest BCUT2D eigenvalue weighted by molar-refractivity contribution is 5.71. The largest absolute Gasteiger partial charge is 0.287 e. The summed E-state index contributed by atoms with van der Waals surface area (Å²) in [6.45, 7) is 8.21. The minimum atomic E-state index is 0.0690. The van der Waals surface area contributed by atoms with Gasteiger partial charge in [-0.3, -0.25) is 4.99 Å². The second kappa shape index (κ2) is 3.44. The van der Waals surface area contributed by atoms with E-state index in [-0.39, 0.29) is 5.54 Å². The third kappa shape index (κ3) is 7.41. The molecule has 52 valence electrons. The standard InChI is InChI=1S/C8H15N/c1-5-6-7-9-8(2,3)4/h5-7H,1-4H3. The minimum Gasteiger partial charge on any atom is -0.287 e. The van der Waals surface area contributed by atoms with E-state index in [1.165, 1.54) is 0 Å². The highest BCUT2D eigenvalue weighted by Gasteiger charge is 2.02. The molecule has 0 unspecified atom stereocenters. The van der Waals surface area contributed by atoms with E-state index in [1.807, 2.05) is 25.3 Å². The molecule has 0 bridgehead atoms. The highest BCUT2D eigenvalue weighted by Crippen LogP contribution is 2.03. The molecule has 0 aromatic heterocycles. The van der Waals surface area contributed by atoms with Crippen molar-refractivity contribution in [3.63, 3.8) is 0 Å². The van der Waals surface area contributed by atoms with Gasteiger partial charge in [-0.15, -0.1) is 0 Å². The molecule has 0 aromatic carbocycles. The maximum Gasteiger partial charge on any atom is 0.0524 e. The monoisotopic (exact) mass is 125 g/mol. The van der Waals surface area contributed by atoms with Crippen molar-refractivity contribution in [3.8, 4) is 0 Å². The van der Waals surface area contributed by atoms with Crippen molar-refractivity contribution in [2.24, 2.45) is 4.99 Å². The molecule has 0 radical (unpaired) electrons. The van der Waals surface area contributed by atoms with E-state index in [0.717, 1.165) is 0 Å². The summed E-state index contributed by atoms with van der Waals surface area (Å²) in [6.07, 6.45) is 5.74. The third-order valence-corrected chi connectivity index (χ3v) is 0.740. The Bertz CT molecular complexity index is 115. The third-order valence-electron chi connectivity index (χ3n) is 0.740. The van der Waals surface area contributed by atoms with Crippen LogP contribution >= 0.6 is 0 Å². The lowest BCUT2D eigenvalue weighted by Gasteiger charge is -2.09. The Hall–Kier alpha value is -0.590. The molecular formula is C8H15N. The topological polar surface area (TPSA) is 12.4 Å². The van der Waals surface area contributed by atoms with Crippen LogP contribution in [0, 0.1) is 0 Å². The summed E-state index contributed by atoms with van der Waals surface area (Å²) in [5, 5.41) is 0. The van der Waals surface area contributed by atoms with E-state index in [2.05, 4.69) is 25.8 Å². The van der Waals surface area contributed by atoms with Crippen LogP contribution in [0.5, 0.6) is 0 Å². The number of aliphatic imine (C=N–C) groups is 1. The number of hydrogen-bond donors (Lipinski definition) is 0. The van der Waals surface area contributed by atoms with Crippen molar-refractivity contribution in [2.45, 2.75) is 33.2 Å². The molecule has 1 nitrogen and oxygen atoms in total. The van der Waals surface area contributed by atoms with Gasteiger partial charge in [0.05, 0.1) is 5.54 Å². The van der Waals surface area contributed by atoms with E-state index in [9.17, 15) is 0 Å². The van der Waals surface area contributed by atoms with Gasteiger partial charge in [0.1, 0.15) is 0 Å². The lowest BCUT2D eigenvalue weighted by Crippen LogP contribution is -2.08. The Labute approximate surface area is 57.5 Å². The van der Waals surface area contributed by atoms with Gasteiger partial charge in [0.2, 0.25) is 0 Å². The molecule has 0 saturated carbocycles. The fourth-order valence-electron chi connectivity index (χ4n) is 0.353. The van der Waals surface area contributed by atoms with Crippen LogP contribution in [-0.4, -0.2) is 11.8 Å². The van der Waals surface area contributed by atoms with Crippen LogP contribution < -0.4 is 0 Å². The van der Waals surface area contributed by atoms with Crippen molar-refractivity contribution >= 4 is 6.21 Å². The van der Waals surface area contributed by atoms with Crippen LogP contribution in [0.3, 0.4) is 0 Å². The molecule has 0 heterocycles. The van der Waals surface area contributed by atoms with Crippen molar-refractivity contribution < 1.29 is 0 Å². The fraction of sp³-hybridized carbons (Fsp3) is 0.625. The van der Waals surface area contributed by atoms with Crippen molar-refractivity contribution in [1.29, 1.82) is 0 Å². The second-order valence-electron chi connectivity index (χ2n) is 2.97. The first-order valence-electron chi connectivity index (χ1n) is 3.23. The summed E-state index contributed by atoms with van der Waals surface area (Å²) in [7, 11) is 0. The van der Waals surface area contributed by atoms with Gasteiger partial charge in [0, 0.05) is 6.21 Å². The zero-order valence-corrected chi connectivity index (χ0v) is 6.68. The summed E-state index contributed by atoms with van der Waals surface area (Å²) < 4.78 is 0. The zero-order valence-electron chi connectivity index (χ0n) is 6.68. The number of nitrogens with zero attached hydrogens (tertiary/aromatic N) is 1. The van der Waals surface area contributed by atoms with Gasteiger partial charge in [0.15, 0.2) is 0 Å². The van der Waals surface area contributed by atoms with Gasteiger partial charge in [-0.05, 0) is 33.8 Å². The van der Waals surface area contributed by atoms with Crippen molar-refractivity contribution in [2.75, 3.05) is 0 Å². The first-order valence-corrected chi connectivity index (χ1v) is 3.23. The van der Waals surface area contributed by atoms with E-state index in [0.29, 0.717) is 0 Å². The first kappa shape index (κ1) is 8.41. The zero-order chi connectivity index (χ0) is 7.33. The van der Waals surface area contributed by atoms with Crippen LogP contribution in [0.1, 0.15) is 27.7 Å². The molecule has 0 aliphatic rings. The maximum absolute atomic E-state index is 4.23. The molecule has 0 fully saturated rings. The van der Waals surface area contributed by atoms with Gasteiger partial charge < -0.3 is 0 Å². The van der Waals surface area contributed by atoms with Gasteiger partial charge >= 0.3 is 0 Å². The summed E-state index contributed by atoms with van der Waals surface area (Å²) in [6, 6.07) is 0. The van der Waals surface area contributed by atoms with E-state index in [1.54, 1.807) is 0 Å². The van der Waals surface area contributed by atoms with Crippen LogP contribution in [-0.2, 0) is 0 Å². The predicted molar refractivity (Wildman–Crippen MR) is 43.1 cm³/mol. The summed E-state index contributed by atoms with van der Waals surface area (Å²) in [5.41, 5.74) is 0.0690. The van der Waals surface area contributed by atoms with Gasteiger partial charge in [-0.25, -0.2) is 0 Å². The van der Waals surface area contributed by atoms with E-state index in [4.69, 9.17) is 0 Å². The molecule has 0 aliphatic heterocycles. The lowest BCUT2D eigenvalue weighted by atomic mass is 10.1. The van der Waals surface area contributed by atoms with Crippen LogP contribution in [0.15, 0.2) is 17.1 Å². The smallest absolute Gasteiger partial charge is 0.0524 e. The molecule has 0 aromatic rings. The van der Waals surface area contributed by atoms with Crippen LogP contribution in [0.25, 0.3) is 0 Å². The Kier molecular flexibility index (Phi) is 3.21. The Morgan fingerprint density at radius 2 is 1.78 bits per heavy atom. The molecule has 0 amide bonds. The van der Waals surface area contributed by atoms with Gasteiger partial charge in [-0.2, -0.15) is 0 Å². The summed E-state index contributed by atoms with van der Waals surface area (Å²) in [4.78, 5) is 4.23. The highest BCUT2D eigenvalue weighted by atomic mass is 14.8. The van der Waals surface area contributed by atoms with Crippen LogP contribution in [0.4, 0.5) is 0 Å². The van der Waals surface area contributed by atoms with Crippen molar-refractivity contribution in [3.05, 3.63) is 12.2 Å². The van der Waals surface area contributed by atoms with Gasteiger partial charge in [-0.1, -0.05) is 6.08 Å². The molecular weight excluding hydrogens is 110 g/mol. The average molecular weight is 125 g/mol. The Morgan fingerprint density at radius 1 is 1.22 bits per heavy atom. The fourth-order valence-corrected chi connectivity index (χ4v) is 0.353. The molecule has 0 aliphatic carbocycles. The number of hydrogen-bond acceptors (Lipinski definition) is 1. The summed E-state index contributed by atoms with van der Waals surface area (Å²) >= 11 is 0. The van der Waals surface area contributed by atoms with Gasteiger partial charge in [0.25, 0.3) is 0 Å². The minimum absolute atomic E-state index is 0.0690.